The van der Waals surface area contributed by atoms with Crippen LogP contribution in [0.1, 0.15) is 60.8 Å². The number of Topliss-reactive ketones (excluding diaryl/α,β-unsaturated/α-hetero) is 2. The van der Waals surface area contributed by atoms with Crippen molar-refractivity contribution in [2.45, 2.75) is 59.3 Å². The van der Waals surface area contributed by atoms with Crippen LogP contribution in [0.25, 0.3) is 0 Å². The number of carbonyl (C=O) groups excluding carboxylic acids is 2. The Kier molecular flexibility index (Phi) is 5.40. The van der Waals surface area contributed by atoms with E-state index >= 15 is 0 Å². The number of aliphatic hydroxyl groups is 1. The van der Waals surface area contributed by atoms with Crippen molar-refractivity contribution in [1.29, 1.82) is 0 Å². The highest BCUT2D eigenvalue weighted by molar-refractivity contribution is 6.22. The zero-order valence-electron chi connectivity index (χ0n) is 15.0. The Balaban J connectivity index is 2.48. The van der Waals surface area contributed by atoms with Gasteiger partial charge in [-0.05, 0) is 50.3 Å². The maximum absolute atomic E-state index is 12.4. The number of hydrogen-bond acceptors (Lipinski definition) is 5. The molecular weight excluding hydrogens is 322 g/mol. The monoisotopic (exact) mass is 345 g/mol. The Morgan fingerprint density at radius 1 is 1.20 bits per heavy atom. The van der Waals surface area contributed by atoms with Gasteiger partial charge in [-0.1, -0.05) is 6.92 Å². The molecule has 0 aromatic heterocycles. The minimum Gasteiger partial charge on any atom is -0.511 e. The third kappa shape index (κ3) is 3.48. The molecule has 1 aromatic carbocycles. The van der Waals surface area contributed by atoms with Crippen LogP contribution in [0.15, 0.2) is 17.4 Å². The molecule has 2 rings (SSSR count). The number of nitro benzene ring substituents is 1. The van der Waals surface area contributed by atoms with Gasteiger partial charge in [-0.3, -0.25) is 19.7 Å². The molecule has 6 nitrogen and oxygen atoms in total. The largest absolute Gasteiger partial charge is 0.511 e. The lowest BCUT2D eigenvalue weighted by Crippen LogP contribution is -2.27. The van der Waals surface area contributed by atoms with Crippen LogP contribution >= 0.6 is 0 Å². The highest BCUT2D eigenvalue weighted by Crippen LogP contribution is 2.40. The van der Waals surface area contributed by atoms with Crippen LogP contribution in [0.2, 0.25) is 0 Å². The Morgan fingerprint density at radius 2 is 1.76 bits per heavy atom. The molecule has 0 unspecified atom stereocenters. The van der Waals surface area contributed by atoms with Crippen LogP contribution < -0.4 is 0 Å². The smallest absolute Gasteiger partial charge is 0.275 e. The number of aryl methyl sites for hydroxylation is 2. The Hall–Kier alpha value is -2.50. The summed E-state index contributed by atoms with van der Waals surface area (Å²) in [4.78, 5) is 35.8. The van der Waals surface area contributed by atoms with E-state index in [9.17, 15) is 24.8 Å². The minimum atomic E-state index is -0.418. The third-order valence-corrected chi connectivity index (χ3v) is 4.78. The van der Waals surface area contributed by atoms with Crippen molar-refractivity contribution in [2.24, 2.45) is 0 Å². The number of benzene rings is 1. The number of carbonyl (C=O) groups is 2. The molecule has 0 bridgehead atoms. The lowest BCUT2D eigenvalue weighted by Gasteiger charge is -2.26. The fraction of sp³-hybridized carbons (Fsp3) is 0.474. The van der Waals surface area contributed by atoms with Crippen LogP contribution in [-0.2, 0) is 9.59 Å². The molecule has 0 amide bonds. The predicted octanol–water partition coefficient (Wildman–Crippen LogP) is 4.15. The van der Waals surface area contributed by atoms with Crippen molar-refractivity contribution in [3.05, 3.63) is 49.8 Å². The predicted molar refractivity (Wildman–Crippen MR) is 93.9 cm³/mol. The normalized spacial score (nSPS) is 17.8. The summed E-state index contributed by atoms with van der Waals surface area (Å²) >= 11 is 0. The summed E-state index contributed by atoms with van der Waals surface area (Å²) in [5, 5.41) is 21.3. The molecule has 0 radical (unpaired) electrons. The van der Waals surface area contributed by atoms with Gasteiger partial charge in [-0.15, -0.1) is 0 Å². The van der Waals surface area contributed by atoms with E-state index in [1.807, 2.05) is 13.8 Å². The minimum absolute atomic E-state index is 0.0377. The van der Waals surface area contributed by atoms with Crippen molar-refractivity contribution in [1.82, 2.24) is 0 Å². The fourth-order valence-electron chi connectivity index (χ4n) is 3.87. The maximum Gasteiger partial charge on any atom is 0.275 e. The molecule has 1 N–H and O–H groups in total. The summed E-state index contributed by atoms with van der Waals surface area (Å²) in [6, 6.07) is 1.73. The molecule has 1 aliphatic carbocycles. The summed E-state index contributed by atoms with van der Waals surface area (Å²) in [6.45, 7) is 7.05. The SMILES string of the molecule is CCCC(O)=C1C(=O)CC(c2c(C)cc(C)c([N+](=O)[O-])c2C)CC1=O. The molecule has 6 heteroatoms. The van der Waals surface area contributed by atoms with E-state index in [1.165, 1.54) is 0 Å². The first-order chi connectivity index (χ1) is 11.7. The molecule has 1 aliphatic rings. The van der Waals surface area contributed by atoms with E-state index in [4.69, 9.17) is 0 Å². The number of aliphatic hydroxyl groups excluding tert-OH is 1. The average Bonchev–Trinajstić information content (AvgIpc) is 2.45. The number of hydrogen-bond donors (Lipinski definition) is 1. The highest BCUT2D eigenvalue weighted by atomic mass is 16.6. The first-order valence-corrected chi connectivity index (χ1v) is 8.42. The number of allylic oxidation sites excluding steroid dienone is 2. The van der Waals surface area contributed by atoms with Gasteiger partial charge in [0.05, 0.1) is 10.5 Å². The summed E-state index contributed by atoms with van der Waals surface area (Å²) in [5.41, 5.74) is 2.58. The Bertz CT molecular complexity index is 771. The molecule has 1 saturated carbocycles. The van der Waals surface area contributed by atoms with Gasteiger partial charge in [0, 0.05) is 30.4 Å². The maximum atomic E-state index is 12.4. The second-order valence-corrected chi connectivity index (χ2v) is 6.68. The van der Waals surface area contributed by atoms with E-state index in [2.05, 4.69) is 0 Å². The zero-order chi connectivity index (χ0) is 18.9. The van der Waals surface area contributed by atoms with Gasteiger partial charge in [-0.25, -0.2) is 0 Å². The molecule has 0 saturated heterocycles. The lowest BCUT2D eigenvalue weighted by molar-refractivity contribution is -0.386. The standard InChI is InChI=1S/C19H23NO5/c1-5-6-14(21)18-15(22)8-13(9-16(18)23)17-10(2)7-11(3)19(12(17)4)20(24)25/h7,13,21H,5-6,8-9H2,1-4H3. The van der Waals surface area contributed by atoms with E-state index in [-0.39, 0.29) is 41.4 Å². The molecule has 0 atom stereocenters. The topological polar surface area (TPSA) is 97.5 Å². The van der Waals surface area contributed by atoms with Crippen molar-refractivity contribution in [3.63, 3.8) is 0 Å². The molecule has 0 spiro atoms. The van der Waals surface area contributed by atoms with Gasteiger partial charge in [0.2, 0.25) is 0 Å². The average molecular weight is 345 g/mol. The summed E-state index contributed by atoms with van der Waals surface area (Å²) < 4.78 is 0. The molecular formula is C19H23NO5. The number of nitro groups is 1. The van der Waals surface area contributed by atoms with Gasteiger partial charge < -0.3 is 5.11 Å². The summed E-state index contributed by atoms with van der Waals surface area (Å²) in [6.07, 6.45) is 1.10. The Morgan fingerprint density at radius 3 is 2.24 bits per heavy atom. The molecule has 134 valence electrons. The summed E-state index contributed by atoms with van der Waals surface area (Å²) in [7, 11) is 0. The van der Waals surface area contributed by atoms with Gasteiger partial charge in [0.15, 0.2) is 11.6 Å². The molecule has 0 heterocycles. The first kappa shape index (κ1) is 18.8. The zero-order valence-corrected chi connectivity index (χ0v) is 15.0. The lowest BCUT2D eigenvalue weighted by atomic mass is 9.76. The number of rotatable bonds is 4. The van der Waals surface area contributed by atoms with Crippen molar-refractivity contribution >= 4 is 17.3 Å². The van der Waals surface area contributed by atoms with Crippen LogP contribution in [0.4, 0.5) is 5.69 Å². The van der Waals surface area contributed by atoms with Crippen molar-refractivity contribution in [3.8, 4) is 0 Å². The van der Waals surface area contributed by atoms with Gasteiger partial charge >= 0.3 is 0 Å². The van der Waals surface area contributed by atoms with E-state index < -0.39 is 10.8 Å². The quantitative estimate of drug-likeness (QED) is 0.291. The second-order valence-electron chi connectivity index (χ2n) is 6.68. The van der Waals surface area contributed by atoms with Gasteiger partial charge in [-0.2, -0.15) is 0 Å². The third-order valence-electron chi connectivity index (χ3n) is 4.78. The van der Waals surface area contributed by atoms with Crippen LogP contribution in [0.5, 0.6) is 0 Å². The molecule has 0 aliphatic heterocycles. The fourth-order valence-corrected chi connectivity index (χ4v) is 3.87. The molecule has 25 heavy (non-hydrogen) atoms. The number of ketones is 2. The van der Waals surface area contributed by atoms with Gasteiger partial charge in [0.25, 0.3) is 5.69 Å². The van der Waals surface area contributed by atoms with E-state index in [0.717, 1.165) is 5.56 Å². The van der Waals surface area contributed by atoms with Crippen molar-refractivity contribution in [2.75, 3.05) is 0 Å². The number of nitrogens with zero attached hydrogens (tertiary/aromatic N) is 1. The van der Waals surface area contributed by atoms with E-state index in [0.29, 0.717) is 29.5 Å². The van der Waals surface area contributed by atoms with Crippen LogP contribution in [-0.4, -0.2) is 21.6 Å². The van der Waals surface area contributed by atoms with E-state index in [1.54, 1.807) is 19.9 Å². The highest BCUT2D eigenvalue weighted by Gasteiger charge is 2.36. The van der Waals surface area contributed by atoms with Gasteiger partial charge in [0.1, 0.15) is 5.76 Å². The summed E-state index contributed by atoms with van der Waals surface area (Å²) in [5.74, 6) is -1.29. The Labute approximate surface area is 146 Å². The van der Waals surface area contributed by atoms with Crippen molar-refractivity contribution < 1.29 is 19.6 Å². The molecule has 1 aromatic rings. The molecule has 1 fully saturated rings. The van der Waals surface area contributed by atoms with Crippen LogP contribution in [0, 0.1) is 30.9 Å². The van der Waals surface area contributed by atoms with Crippen LogP contribution in [0.3, 0.4) is 0 Å². The second kappa shape index (κ2) is 7.17. The first-order valence-electron chi connectivity index (χ1n) is 8.42.